The molecule has 0 spiro atoms. The van der Waals surface area contributed by atoms with Gasteiger partial charge in [-0.25, -0.2) is 8.42 Å². The smallest absolute Gasteiger partial charge is 0.173 e. The fraction of sp³-hybridized carbons (Fsp3) is 0.562. The molecule has 0 bridgehead atoms. The van der Waals surface area contributed by atoms with Crippen molar-refractivity contribution in [1.82, 2.24) is 4.90 Å². The summed E-state index contributed by atoms with van der Waals surface area (Å²) in [4.78, 5) is 1.97. The molecule has 1 fully saturated rings. The lowest BCUT2D eigenvalue weighted by molar-refractivity contribution is 0.181. The summed E-state index contributed by atoms with van der Waals surface area (Å²) in [6.07, 6.45) is 1.38. The Hall–Kier alpha value is -0.890. The predicted molar refractivity (Wildman–Crippen MR) is 103 cm³/mol. The van der Waals surface area contributed by atoms with Crippen LogP contribution in [0.1, 0.15) is 18.4 Å². The lowest BCUT2D eigenvalue weighted by Gasteiger charge is -2.31. The van der Waals surface area contributed by atoms with Gasteiger partial charge in [0.1, 0.15) is 0 Å². The Bertz CT molecular complexity index is 695. The number of methoxy groups -OCH3 is 1. The summed E-state index contributed by atoms with van der Waals surface area (Å²) in [6, 6.07) is 5.50. The number of rotatable bonds is 6. The Morgan fingerprint density at radius 2 is 2.25 bits per heavy atom. The van der Waals surface area contributed by atoms with Gasteiger partial charge in [0.25, 0.3) is 0 Å². The van der Waals surface area contributed by atoms with Gasteiger partial charge in [0.15, 0.2) is 14.9 Å². The molecule has 1 heterocycles. The molecule has 24 heavy (non-hydrogen) atoms. The minimum atomic E-state index is -2.97. The molecule has 5 nitrogen and oxygen atoms in total. The summed E-state index contributed by atoms with van der Waals surface area (Å²) < 4.78 is 28.7. The van der Waals surface area contributed by atoms with Crippen LogP contribution in [-0.4, -0.2) is 56.2 Å². The van der Waals surface area contributed by atoms with Gasteiger partial charge in [-0.15, -0.1) is 0 Å². The van der Waals surface area contributed by atoms with Crippen molar-refractivity contribution < 1.29 is 13.2 Å². The average molecular weight is 391 g/mol. The zero-order chi connectivity index (χ0) is 17.7. The molecule has 1 aromatic carbocycles. The average Bonchev–Trinajstić information content (AvgIpc) is 2.88. The summed E-state index contributed by atoms with van der Waals surface area (Å²) in [5, 5.41) is 4.41. The molecule has 1 aliphatic heterocycles. The van der Waals surface area contributed by atoms with Gasteiger partial charge in [-0.05, 0) is 49.7 Å². The van der Waals surface area contributed by atoms with Crippen LogP contribution in [0.25, 0.3) is 0 Å². The van der Waals surface area contributed by atoms with Crippen LogP contribution < -0.4 is 5.32 Å². The summed E-state index contributed by atoms with van der Waals surface area (Å²) in [7, 11) is -1.32. The van der Waals surface area contributed by atoms with Crippen molar-refractivity contribution >= 4 is 44.5 Å². The van der Waals surface area contributed by atoms with Crippen LogP contribution in [0.15, 0.2) is 18.2 Å². The van der Waals surface area contributed by atoms with Gasteiger partial charge in [-0.1, -0.05) is 17.7 Å². The molecule has 1 atom stereocenters. The van der Waals surface area contributed by atoms with Crippen molar-refractivity contribution in [3.05, 3.63) is 28.8 Å². The van der Waals surface area contributed by atoms with Crippen LogP contribution in [0.3, 0.4) is 0 Å². The van der Waals surface area contributed by atoms with E-state index in [4.69, 9.17) is 28.6 Å². The number of nitrogens with zero attached hydrogens (tertiary/aromatic N) is 1. The second kappa shape index (κ2) is 8.47. The van der Waals surface area contributed by atoms with E-state index in [9.17, 15) is 8.42 Å². The zero-order valence-corrected chi connectivity index (χ0v) is 16.3. The third kappa shape index (κ3) is 5.05. The minimum Gasteiger partial charge on any atom is -0.385 e. The maximum absolute atomic E-state index is 11.8. The molecule has 1 aliphatic rings. The largest absolute Gasteiger partial charge is 0.385 e. The minimum absolute atomic E-state index is 0.0913. The number of sulfone groups is 1. The fourth-order valence-corrected chi connectivity index (χ4v) is 5.04. The molecule has 1 aromatic rings. The number of benzene rings is 1. The number of hydrogen-bond acceptors (Lipinski definition) is 4. The maximum Gasteiger partial charge on any atom is 0.173 e. The number of anilines is 1. The highest BCUT2D eigenvalue weighted by Gasteiger charge is 2.33. The highest BCUT2D eigenvalue weighted by atomic mass is 35.5. The van der Waals surface area contributed by atoms with Crippen molar-refractivity contribution in [2.24, 2.45) is 0 Å². The molecule has 1 saturated heterocycles. The van der Waals surface area contributed by atoms with E-state index in [0.29, 0.717) is 29.7 Å². The van der Waals surface area contributed by atoms with Crippen molar-refractivity contribution in [2.45, 2.75) is 25.8 Å². The number of hydrogen-bond donors (Lipinski definition) is 1. The Kier molecular flexibility index (Phi) is 6.86. The number of ether oxygens (including phenoxy) is 1. The topological polar surface area (TPSA) is 58.6 Å². The molecule has 8 heteroatoms. The first kappa shape index (κ1) is 19.4. The van der Waals surface area contributed by atoms with Crippen molar-refractivity contribution in [3.8, 4) is 0 Å². The van der Waals surface area contributed by atoms with Gasteiger partial charge in [0, 0.05) is 37.0 Å². The highest BCUT2D eigenvalue weighted by molar-refractivity contribution is 7.91. The van der Waals surface area contributed by atoms with Crippen LogP contribution in [0.4, 0.5) is 5.69 Å². The normalized spacial score (nSPS) is 19.2. The first-order valence-electron chi connectivity index (χ1n) is 7.86. The van der Waals surface area contributed by atoms with E-state index >= 15 is 0 Å². The van der Waals surface area contributed by atoms with Crippen LogP contribution >= 0.6 is 23.8 Å². The SMILES string of the molecule is COCCCN(C(=S)Nc1cccc(Cl)c1C)[C@H]1CCS(=O)(=O)C1. The Morgan fingerprint density at radius 1 is 1.50 bits per heavy atom. The van der Waals surface area contributed by atoms with Crippen molar-refractivity contribution in [3.63, 3.8) is 0 Å². The maximum atomic E-state index is 11.8. The first-order chi connectivity index (χ1) is 11.3. The second-order valence-electron chi connectivity index (χ2n) is 5.94. The molecule has 0 radical (unpaired) electrons. The Morgan fingerprint density at radius 3 is 2.88 bits per heavy atom. The number of halogens is 1. The van der Waals surface area contributed by atoms with Gasteiger partial charge in [0.2, 0.25) is 0 Å². The van der Waals surface area contributed by atoms with Crippen LogP contribution in [0.5, 0.6) is 0 Å². The quantitative estimate of drug-likeness (QED) is 0.595. The second-order valence-corrected chi connectivity index (χ2v) is 8.96. The third-order valence-electron chi connectivity index (χ3n) is 4.17. The van der Waals surface area contributed by atoms with Crippen LogP contribution in [0, 0.1) is 6.92 Å². The Balaban J connectivity index is 2.13. The molecular formula is C16H23ClN2O3S2. The zero-order valence-electron chi connectivity index (χ0n) is 13.9. The Labute approximate surface area is 154 Å². The first-order valence-corrected chi connectivity index (χ1v) is 10.5. The standard InChI is InChI=1S/C16H23ClN2O3S2/c1-12-14(17)5-3-6-15(12)18-16(23)19(8-4-9-22-2)13-7-10-24(20,21)11-13/h3,5-6,13H,4,7-11H2,1-2H3,(H,18,23)/t13-/m0/s1. The summed E-state index contributed by atoms with van der Waals surface area (Å²) in [5.41, 5.74) is 1.75. The lowest BCUT2D eigenvalue weighted by atomic mass is 10.2. The summed E-state index contributed by atoms with van der Waals surface area (Å²) in [6.45, 7) is 3.18. The molecule has 134 valence electrons. The monoisotopic (exact) mass is 390 g/mol. The van der Waals surface area contributed by atoms with E-state index in [1.54, 1.807) is 7.11 Å². The molecule has 0 aliphatic carbocycles. The van der Waals surface area contributed by atoms with Gasteiger partial charge >= 0.3 is 0 Å². The third-order valence-corrected chi connectivity index (χ3v) is 6.66. The number of nitrogens with one attached hydrogen (secondary N) is 1. The van der Waals surface area contributed by atoms with Gasteiger partial charge in [0.05, 0.1) is 11.5 Å². The molecular weight excluding hydrogens is 368 g/mol. The number of thiocarbonyl (C=S) groups is 1. The molecule has 2 rings (SSSR count). The van der Waals surface area contributed by atoms with Gasteiger partial charge in [-0.2, -0.15) is 0 Å². The van der Waals surface area contributed by atoms with E-state index < -0.39 is 9.84 Å². The molecule has 0 saturated carbocycles. The van der Waals surface area contributed by atoms with Gasteiger partial charge in [-0.3, -0.25) is 0 Å². The van der Waals surface area contributed by atoms with Crippen molar-refractivity contribution in [2.75, 3.05) is 37.1 Å². The predicted octanol–water partition coefficient (Wildman–Crippen LogP) is 2.87. The van der Waals surface area contributed by atoms with E-state index in [1.807, 2.05) is 30.0 Å². The van der Waals surface area contributed by atoms with E-state index in [1.165, 1.54) is 0 Å². The molecule has 0 unspecified atom stereocenters. The van der Waals surface area contributed by atoms with E-state index in [2.05, 4.69) is 5.32 Å². The van der Waals surface area contributed by atoms with Crippen LogP contribution in [-0.2, 0) is 14.6 Å². The fourth-order valence-electron chi connectivity index (χ4n) is 2.78. The lowest BCUT2D eigenvalue weighted by Crippen LogP contribution is -2.44. The summed E-state index contributed by atoms with van der Waals surface area (Å²) in [5.74, 6) is 0.369. The summed E-state index contributed by atoms with van der Waals surface area (Å²) >= 11 is 11.7. The molecule has 0 amide bonds. The van der Waals surface area contributed by atoms with Crippen molar-refractivity contribution in [1.29, 1.82) is 0 Å². The van der Waals surface area contributed by atoms with Gasteiger partial charge < -0.3 is 15.0 Å². The van der Waals surface area contributed by atoms with Crippen LogP contribution in [0.2, 0.25) is 5.02 Å². The molecule has 0 aromatic heterocycles. The highest BCUT2D eigenvalue weighted by Crippen LogP contribution is 2.25. The van der Waals surface area contributed by atoms with E-state index in [-0.39, 0.29) is 17.5 Å². The van der Waals surface area contributed by atoms with E-state index in [0.717, 1.165) is 17.7 Å². The molecule has 1 N–H and O–H groups in total.